The average molecular weight is 235 g/mol. The molecule has 0 aromatic heterocycles. The molecule has 2 rings (SSSR count). The summed E-state index contributed by atoms with van der Waals surface area (Å²) < 4.78 is 5.67. The Hall–Kier alpha value is -1.06. The van der Waals surface area contributed by atoms with Gasteiger partial charge in [-0.3, -0.25) is 0 Å². The summed E-state index contributed by atoms with van der Waals surface area (Å²) in [5.41, 5.74) is 2.92. The van der Waals surface area contributed by atoms with Crippen molar-refractivity contribution in [2.75, 3.05) is 19.7 Å². The Morgan fingerprint density at radius 3 is 3.00 bits per heavy atom. The third-order valence-corrected chi connectivity index (χ3v) is 3.06. The van der Waals surface area contributed by atoms with E-state index in [2.05, 4.69) is 23.5 Å². The van der Waals surface area contributed by atoms with Gasteiger partial charge in [0.2, 0.25) is 0 Å². The van der Waals surface area contributed by atoms with Gasteiger partial charge in [-0.05, 0) is 49.4 Å². The molecule has 0 fully saturated rings. The van der Waals surface area contributed by atoms with Gasteiger partial charge >= 0.3 is 0 Å². The van der Waals surface area contributed by atoms with Crippen molar-refractivity contribution in [1.82, 2.24) is 5.32 Å². The number of hydrogen-bond donors (Lipinski definition) is 2. The lowest BCUT2D eigenvalue weighted by Gasteiger charge is -2.10. The first-order valence-corrected chi connectivity index (χ1v) is 6.39. The molecule has 0 bridgehead atoms. The molecule has 1 aliphatic rings. The largest absolute Gasteiger partial charge is 0.492 e. The number of rotatable bonds is 6. The van der Waals surface area contributed by atoms with Gasteiger partial charge in [0.1, 0.15) is 12.4 Å². The van der Waals surface area contributed by atoms with Crippen LogP contribution in [0.3, 0.4) is 0 Å². The van der Waals surface area contributed by atoms with Crippen LogP contribution in [0.25, 0.3) is 0 Å². The van der Waals surface area contributed by atoms with Crippen molar-refractivity contribution in [2.45, 2.75) is 32.3 Å². The molecule has 0 saturated heterocycles. The van der Waals surface area contributed by atoms with Crippen LogP contribution < -0.4 is 10.1 Å². The summed E-state index contributed by atoms with van der Waals surface area (Å²) in [5, 5.41) is 12.2. The van der Waals surface area contributed by atoms with E-state index in [9.17, 15) is 0 Å². The minimum absolute atomic E-state index is 0.296. The molecule has 1 unspecified atom stereocenters. The van der Waals surface area contributed by atoms with Crippen molar-refractivity contribution in [3.05, 3.63) is 29.3 Å². The molecule has 0 saturated carbocycles. The van der Waals surface area contributed by atoms with E-state index in [4.69, 9.17) is 9.84 Å². The smallest absolute Gasteiger partial charge is 0.119 e. The highest BCUT2D eigenvalue weighted by Gasteiger charge is 2.10. The topological polar surface area (TPSA) is 41.5 Å². The van der Waals surface area contributed by atoms with Crippen LogP contribution >= 0.6 is 0 Å². The molecular weight excluding hydrogens is 214 g/mol. The molecule has 17 heavy (non-hydrogen) atoms. The Balaban J connectivity index is 1.72. The van der Waals surface area contributed by atoms with Crippen molar-refractivity contribution >= 4 is 0 Å². The minimum Gasteiger partial charge on any atom is -0.492 e. The molecule has 1 atom stereocenters. The molecule has 1 aliphatic carbocycles. The first-order chi connectivity index (χ1) is 8.25. The molecule has 2 N–H and O–H groups in total. The van der Waals surface area contributed by atoms with Gasteiger partial charge in [0.15, 0.2) is 0 Å². The molecular formula is C14H21NO2. The number of aryl methyl sites for hydroxylation is 2. The van der Waals surface area contributed by atoms with Crippen LogP contribution in [0.5, 0.6) is 5.75 Å². The van der Waals surface area contributed by atoms with Gasteiger partial charge in [-0.25, -0.2) is 0 Å². The third-order valence-electron chi connectivity index (χ3n) is 3.06. The lowest BCUT2D eigenvalue weighted by molar-refractivity contribution is 0.188. The Kier molecular flexibility index (Phi) is 4.40. The monoisotopic (exact) mass is 235 g/mol. The van der Waals surface area contributed by atoms with Crippen LogP contribution in [-0.2, 0) is 12.8 Å². The molecule has 1 aromatic carbocycles. The molecule has 0 heterocycles. The van der Waals surface area contributed by atoms with Gasteiger partial charge in [0, 0.05) is 13.1 Å². The molecule has 3 heteroatoms. The summed E-state index contributed by atoms with van der Waals surface area (Å²) in [6, 6.07) is 6.40. The maximum Gasteiger partial charge on any atom is 0.119 e. The number of aliphatic hydroxyl groups excluding tert-OH is 1. The van der Waals surface area contributed by atoms with Gasteiger partial charge in [-0.2, -0.15) is 0 Å². The second kappa shape index (κ2) is 6.03. The van der Waals surface area contributed by atoms with Crippen LogP contribution in [-0.4, -0.2) is 30.9 Å². The standard InChI is InChI=1S/C14H21NO2/c1-11(16)10-15-7-8-17-14-6-5-12-3-2-4-13(12)9-14/h5-6,9,11,15-16H,2-4,7-8,10H2,1H3. The number of fused-ring (bicyclic) bond motifs is 1. The summed E-state index contributed by atoms with van der Waals surface area (Å²) in [6.07, 6.45) is 3.38. The van der Waals surface area contributed by atoms with E-state index in [1.54, 1.807) is 6.92 Å². The van der Waals surface area contributed by atoms with Crippen LogP contribution in [0, 0.1) is 0 Å². The Labute approximate surface area is 103 Å². The number of nitrogens with one attached hydrogen (secondary N) is 1. The number of benzene rings is 1. The third kappa shape index (κ3) is 3.72. The zero-order valence-electron chi connectivity index (χ0n) is 10.4. The van der Waals surface area contributed by atoms with Crippen LogP contribution in [0.1, 0.15) is 24.5 Å². The molecule has 0 amide bonds. The summed E-state index contributed by atoms with van der Waals surface area (Å²) >= 11 is 0. The Bertz CT molecular complexity index is 363. The van der Waals surface area contributed by atoms with E-state index < -0.39 is 0 Å². The van der Waals surface area contributed by atoms with Crippen molar-refractivity contribution in [2.24, 2.45) is 0 Å². The number of aliphatic hydroxyl groups is 1. The zero-order chi connectivity index (χ0) is 12.1. The van der Waals surface area contributed by atoms with Gasteiger partial charge < -0.3 is 15.2 Å². The first-order valence-electron chi connectivity index (χ1n) is 6.39. The average Bonchev–Trinajstić information content (AvgIpc) is 2.75. The quantitative estimate of drug-likeness (QED) is 0.735. The lowest BCUT2D eigenvalue weighted by Crippen LogP contribution is -2.28. The number of hydrogen-bond acceptors (Lipinski definition) is 3. The van der Waals surface area contributed by atoms with Gasteiger partial charge in [0.05, 0.1) is 6.10 Å². The zero-order valence-corrected chi connectivity index (χ0v) is 10.4. The van der Waals surface area contributed by atoms with E-state index in [0.717, 1.165) is 12.3 Å². The van der Waals surface area contributed by atoms with Gasteiger partial charge in [-0.1, -0.05) is 6.07 Å². The molecule has 3 nitrogen and oxygen atoms in total. The fourth-order valence-electron chi connectivity index (χ4n) is 2.19. The number of ether oxygens (including phenoxy) is 1. The highest BCUT2D eigenvalue weighted by Crippen LogP contribution is 2.25. The fraction of sp³-hybridized carbons (Fsp3) is 0.571. The fourth-order valence-corrected chi connectivity index (χ4v) is 2.19. The molecule has 94 valence electrons. The molecule has 1 aromatic rings. The normalized spacial score (nSPS) is 15.6. The first kappa shape index (κ1) is 12.4. The summed E-state index contributed by atoms with van der Waals surface area (Å²) in [7, 11) is 0. The lowest BCUT2D eigenvalue weighted by atomic mass is 10.1. The molecule has 0 radical (unpaired) electrons. The van der Waals surface area contributed by atoms with Gasteiger partial charge in [0.25, 0.3) is 0 Å². The van der Waals surface area contributed by atoms with Crippen LogP contribution in [0.2, 0.25) is 0 Å². The predicted octanol–water partition coefficient (Wildman–Crippen LogP) is 1.52. The van der Waals surface area contributed by atoms with E-state index in [1.807, 2.05) is 0 Å². The summed E-state index contributed by atoms with van der Waals surface area (Å²) in [5.74, 6) is 0.962. The summed E-state index contributed by atoms with van der Waals surface area (Å²) in [6.45, 7) is 3.80. The Morgan fingerprint density at radius 1 is 1.35 bits per heavy atom. The maximum absolute atomic E-state index is 9.07. The van der Waals surface area contributed by atoms with Crippen molar-refractivity contribution in [1.29, 1.82) is 0 Å². The minimum atomic E-state index is -0.296. The van der Waals surface area contributed by atoms with Gasteiger partial charge in [-0.15, -0.1) is 0 Å². The van der Waals surface area contributed by atoms with Crippen molar-refractivity contribution in [3.8, 4) is 5.75 Å². The van der Waals surface area contributed by atoms with Crippen LogP contribution in [0.15, 0.2) is 18.2 Å². The summed E-state index contributed by atoms with van der Waals surface area (Å²) in [4.78, 5) is 0. The second-order valence-corrected chi connectivity index (χ2v) is 4.69. The Morgan fingerprint density at radius 2 is 2.18 bits per heavy atom. The van der Waals surface area contributed by atoms with Crippen molar-refractivity contribution < 1.29 is 9.84 Å². The van der Waals surface area contributed by atoms with E-state index >= 15 is 0 Å². The second-order valence-electron chi connectivity index (χ2n) is 4.69. The molecule has 0 spiro atoms. The SMILES string of the molecule is CC(O)CNCCOc1ccc2c(c1)CCC2. The highest BCUT2D eigenvalue weighted by molar-refractivity contribution is 5.38. The molecule has 0 aliphatic heterocycles. The van der Waals surface area contributed by atoms with Crippen LogP contribution in [0.4, 0.5) is 0 Å². The van der Waals surface area contributed by atoms with Crippen molar-refractivity contribution in [3.63, 3.8) is 0 Å². The van der Waals surface area contributed by atoms with E-state index in [0.29, 0.717) is 13.2 Å². The predicted molar refractivity (Wildman–Crippen MR) is 68.5 cm³/mol. The highest BCUT2D eigenvalue weighted by atomic mass is 16.5. The van der Waals surface area contributed by atoms with E-state index in [-0.39, 0.29) is 6.10 Å². The van der Waals surface area contributed by atoms with E-state index in [1.165, 1.54) is 30.4 Å². The maximum atomic E-state index is 9.07.